The van der Waals surface area contributed by atoms with Gasteiger partial charge in [0.15, 0.2) is 0 Å². The lowest BCUT2D eigenvalue weighted by Crippen LogP contribution is -2.10. The summed E-state index contributed by atoms with van der Waals surface area (Å²) < 4.78 is 0.894. The van der Waals surface area contributed by atoms with Gasteiger partial charge in [-0.3, -0.25) is 0 Å². The maximum atomic E-state index is 8.98. The Hall–Kier alpha value is -1.79. The molecule has 0 unspecified atom stereocenters. The van der Waals surface area contributed by atoms with Crippen LogP contribution in [0.4, 0.5) is 11.4 Å². The summed E-state index contributed by atoms with van der Waals surface area (Å²) in [4.78, 5) is 0. The van der Waals surface area contributed by atoms with Gasteiger partial charge in [0.1, 0.15) is 0 Å². The standard InChI is InChI=1S/C17H17BrN2/c1-17(2,3)13-4-6-15(7-5-13)20-16-9-12(11-19)8-14(18)10-16/h4-10,20H,1-3H3. The van der Waals surface area contributed by atoms with Gasteiger partial charge >= 0.3 is 0 Å². The minimum absolute atomic E-state index is 0.155. The van der Waals surface area contributed by atoms with Crippen LogP contribution in [0, 0.1) is 11.3 Å². The summed E-state index contributed by atoms with van der Waals surface area (Å²) in [5.41, 5.74) is 4.00. The fraction of sp³-hybridized carbons (Fsp3) is 0.235. The van der Waals surface area contributed by atoms with E-state index in [1.807, 2.05) is 12.1 Å². The molecule has 0 bridgehead atoms. The molecule has 0 aliphatic carbocycles. The Morgan fingerprint density at radius 1 is 1.00 bits per heavy atom. The largest absolute Gasteiger partial charge is 0.355 e. The molecule has 0 atom stereocenters. The molecule has 0 aromatic heterocycles. The third-order valence-corrected chi connectivity index (χ3v) is 3.52. The molecule has 0 aliphatic rings. The lowest BCUT2D eigenvalue weighted by molar-refractivity contribution is 0.590. The van der Waals surface area contributed by atoms with Crippen LogP contribution in [0.3, 0.4) is 0 Å². The summed E-state index contributed by atoms with van der Waals surface area (Å²) >= 11 is 3.41. The molecule has 2 nitrogen and oxygen atoms in total. The Morgan fingerprint density at radius 3 is 2.20 bits per heavy atom. The van der Waals surface area contributed by atoms with Gasteiger partial charge in [0.2, 0.25) is 0 Å². The molecule has 2 aromatic rings. The molecule has 2 aromatic carbocycles. The van der Waals surface area contributed by atoms with Crippen LogP contribution in [0.15, 0.2) is 46.9 Å². The maximum absolute atomic E-state index is 8.98. The molecule has 0 amide bonds. The van der Waals surface area contributed by atoms with E-state index in [0.717, 1.165) is 15.8 Å². The van der Waals surface area contributed by atoms with E-state index in [1.54, 1.807) is 6.07 Å². The second-order valence-electron chi connectivity index (χ2n) is 5.79. The predicted octanol–water partition coefficient (Wildman–Crippen LogP) is 5.36. The molecule has 0 saturated heterocycles. The summed E-state index contributed by atoms with van der Waals surface area (Å²) in [7, 11) is 0. The average Bonchev–Trinajstić information content (AvgIpc) is 2.37. The highest BCUT2D eigenvalue weighted by atomic mass is 79.9. The average molecular weight is 329 g/mol. The molecule has 0 saturated carbocycles. The van der Waals surface area contributed by atoms with Crippen LogP contribution in [0.5, 0.6) is 0 Å². The van der Waals surface area contributed by atoms with Gasteiger partial charge < -0.3 is 5.32 Å². The van der Waals surface area contributed by atoms with Gasteiger partial charge in [0, 0.05) is 15.8 Å². The number of hydrogen-bond acceptors (Lipinski definition) is 2. The first-order chi connectivity index (χ1) is 9.38. The molecular formula is C17H17BrN2. The molecule has 1 N–H and O–H groups in total. The number of benzene rings is 2. The van der Waals surface area contributed by atoms with Gasteiger partial charge in [0.05, 0.1) is 11.6 Å². The van der Waals surface area contributed by atoms with Crippen LogP contribution in [-0.4, -0.2) is 0 Å². The number of nitrogens with zero attached hydrogens (tertiary/aromatic N) is 1. The second kappa shape index (κ2) is 5.68. The van der Waals surface area contributed by atoms with E-state index in [0.29, 0.717) is 5.56 Å². The van der Waals surface area contributed by atoms with Gasteiger partial charge in [-0.1, -0.05) is 48.8 Å². The first kappa shape index (κ1) is 14.6. The molecular weight excluding hydrogens is 312 g/mol. The monoisotopic (exact) mass is 328 g/mol. The zero-order chi connectivity index (χ0) is 14.8. The quantitative estimate of drug-likeness (QED) is 0.805. The van der Waals surface area contributed by atoms with Crippen molar-refractivity contribution in [3.05, 3.63) is 58.1 Å². The van der Waals surface area contributed by atoms with Gasteiger partial charge in [0.25, 0.3) is 0 Å². The van der Waals surface area contributed by atoms with Crippen molar-refractivity contribution in [3.8, 4) is 6.07 Å². The third kappa shape index (κ3) is 3.61. The van der Waals surface area contributed by atoms with Crippen LogP contribution in [0.25, 0.3) is 0 Å². The fourth-order valence-electron chi connectivity index (χ4n) is 1.95. The predicted molar refractivity (Wildman–Crippen MR) is 87.3 cm³/mol. The fourth-order valence-corrected chi connectivity index (χ4v) is 2.44. The minimum atomic E-state index is 0.155. The minimum Gasteiger partial charge on any atom is -0.355 e. The van der Waals surface area contributed by atoms with Crippen molar-refractivity contribution < 1.29 is 0 Å². The second-order valence-corrected chi connectivity index (χ2v) is 6.71. The van der Waals surface area contributed by atoms with Crippen LogP contribution in [0.1, 0.15) is 31.9 Å². The topological polar surface area (TPSA) is 35.8 Å². The molecule has 2 rings (SSSR count). The molecule has 0 fully saturated rings. The van der Waals surface area contributed by atoms with Crippen LogP contribution >= 0.6 is 15.9 Å². The highest BCUT2D eigenvalue weighted by molar-refractivity contribution is 9.10. The van der Waals surface area contributed by atoms with Crippen LogP contribution in [-0.2, 0) is 5.41 Å². The maximum Gasteiger partial charge on any atom is 0.0992 e. The highest BCUT2D eigenvalue weighted by Gasteiger charge is 2.12. The summed E-state index contributed by atoms with van der Waals surface area (Å²) in [5, 5.41) is 12.3. The van der Waals surface area contributed by atoms with E-state index in [9.17, 15) is 0 Å². The number of hydrogen-bond donors (Lipinski definition) is 1. The summed E-state index contributed by atoms with van der Waals surface area (Å²) in [6.45, 7) is 6.59. The molecule has 0 aliphatic heterocycles. The lowest BCUT2D eigenvalue weighted by Gasteiger charge is -2.19. The normalized spacial score (nSPS) is 10.9. The number of halogens is 1. The van der Waals surface area contributed by atoms with E-state index < -0.39 is 0 Å². The van der Waals surface area contributed by atoms with E-state index in [2.05, 4.69) is 72.4 Å². The Bertz CT molecular complexity index is 646. The van der Waals surface area contributed by atoms with Crippen molar-refractivity contribution in [2.75, 3.05) is 5.32 Å². The van der Waals surface area contributed by atoms with E-state index in [1.165, 1.54) is 5.56 Å². The molecule has 0 heterocycles. The summed E-state index contributed by atoms with van der Waals surface area (Å²) in [6, 6.07) is 16.1. The molecule has 0 spiro atoms. The summed E-state index contributed by atoms with van der Waals surface area (Å²) in [5.74, 6) is 0. The van der Waals surface area contributed by atoms with Crippen molar-refractivity contribution in [1.82, 2.24) is 0 Å². The third-order valence-electron chi connectivity index (χ3n) is 3.07. The van der Waals surface area contributed by atoms with Crippen molar-refractivity contribution in [1.29, 1.82) is 5.26 Å². The molecule has 20 heavy (non-hydrogen) atoms. The lowest BCUT2D eigenvalue weighted by atomic mass is 9.87. The first-order valence-corrected chi connectivity index (χ1v) is 7.26. The number of nitriles is 1. The molecule has 102 valence electrons. The van der Waals surface area contributed by atoms with Gasteiger partial charge in [-0.25, -0.2) is 0 Å². The SMILES string of the molecule is CC(C)(C)c1ccc(Nc2cc(Br)cc(C#N)c2)cc1. The zero-order valence-electron chi connectivity index (χ0n) is 11.9. The Kier molecular flexibility index (Phi) is 4.15. The van der Waals surface area contributed by atoms with E-state index >= 15 is 0 Å². The van der Waals surface area contributed by atoms with Gasteiger partial charge in [-0.15, -0.1) is 0 Å². The zero-order valence-corrected chi connectivity index (χ0v) is 13.5. The van der Waals surface area contributed by atoms with E-state index in [4.69, 9.17) is 5.26 Å². The molecule has 3 heteroatoms. The number of nitrogens with one attached hydrogen (secondary N) is 1. The number of anilines is 2. The van der Waals surface area contributed by atoms with Crippen LogP contribution in [0.2, 0.25) is 0 Å². The van der Waals surface area contributed by atoms with Gasteiger partial charge in [-0.2, -0.15) is 5.26 Å². The van der Waals surface area contributed by atoms with Gasteiger partial charge in [-0.05, 0) is 41.3 Å². The smallest absolute Gasteiger partial charge is 0.0992 e. The van der Waals surface area contributed by atoms with Crippen molar-refractivity contribution in [2.24, 2.45) is 0 Å². The Labute approximate surface area is 128 Å². The van der Waals surface area contributed by atoms with Crippen molar-refractivity contribution in [2.45, 2.75) is 26.2 Å². The van der Waals surface area contributed by atoms with E-state index in [-0.39, 0.29) is 5.41 Å². The van der Waals surface area contributed by atoms with Crippen molar-refractivity contribution in [3.63, 3.8) is 0 Å². The van der Waals surface area contributed by atoms with Crippen LogP contribution < -0.4 is 5.32 Å². The van der Waals surface area contributed by atoms with Crippen molar-refractivity contribution >= 4 is 27.3 Å². The Morgan fingerprint density at radius 2 is 1.65 bits per heavy atom. The number of rotatable bonds is 2. The molecule has 0 radical (unpaired) electrons. The first-order valence-electron chi connectivity index (χ1n) is 6.47. The highest BCUT2D eigenvalue weighted by Crippen LogP contribution is 2.26. The Balaban J connectivity index is 2.23. The summed E-state index contributed by atoms with van der Waals surface area (Å²) in [6.07, 6.45) is 0.